The average molecular weight is 477 g/mol. The van der Waals surface area contributed by atoms with E-state index in [9.17, 15) is 0 Å². The highest BCUT2D eigenvalue weighted by molar-refractivity contribution is 7.19. The van der Waals surface area contributed by atoms with Gasteiger partial charge in [0.2, 0.25) is 5.28 Å². The van der Waals surface area contributed by atoms with Gasteiger partial charge in [-0.2, -0.15) is 4.98 Å². The maximum absolute atomic E-state index is 6.40. The minimum absolute atomic E-state index is 0.321. The molecule has 0 atom stereocenters. The van der Waals surface area contributed by atoms with Crippen molar-refractivity contribution in [2.45, 2.75) is 33.6 Å². The standard InChI is InChI=1S/C27H29ClN4S/c1-17(2)20-8-10-21(11-9-20)23-19(4)33-26-24(23)25(29-27(28)30-26)32-14-12-31(13-15-32)22-7-5-6-18(3)16-22/h5-11,16-17H,12-15H2,1-4H3. The lowest BCUT2D eigenvalue weighted by Gasteiger charge is -2.37. The Balaban J connectivity index is 1.51. The van der Waals surface area contributed by atoms with Crippen LogP contribution in [0.1, 0.15) is 35.8 Å². The van der Waals surface area contributed by atoms with Gasteiger partial charge in [0.1, 0.15) is 10.6 Å². The molecule has 2 aromatic carbocycles. The van der Waals surface area contributed by atoms with E-state index in [2.05, 4.69) is 91.0 Å². The fourth-order valence-corrected chi connectivity index (χ4v) is 5.93. The van der Waals surface area contributed by atoms with Gasteiger partial charge in [-0.05, 0) is 60.2 Å². The van der Waals surface area contributed by atoms with Gasteiger partial charge in [0, 0.05) is 42.3 Å². The van der Waals surface area contributed by atoms with E-state index in [0.29, 0.717) is 11.2 Å². The minimum atomic E-state index is 0.321. The molecular formula is C27H29ClN4S. The molecule has 2 aromatic heterocycles. The molecule has 0 N–H and O–H groups in total. The van der Waals surface area contributed by atoms with Crippen molar-refractivity contribution >= 4 is 44.7 Å². The van der Waals surface area contributed by atoms with Gasteiger partial charge >= 0.3 is 0 Å². The van der Waals surface area contributed by atoms with Crippen molar-refractivity contribution in [2.75, 3.05) is 36.0 Å². The van der Waals surface area contributed by atoms with E-state index in [1.807, 2.05) is 0 Å². The maximum atomic E-state index is 6.40. The van der Waals surface area contributed by atoms with Crippen LogP contribution < -0.4 is 9.80 Å². The minimum Gasteiger partial charge on any atom is -0.368 e. The van der Waals surface area contributed by atoms with Crippen LogP contribution in [0.25, 0.3) is 21.3 Å². The number of hydrogen-bond donors (Lipinski definition) is 0. The number of rotatable bonds is 4. The first-order valence-corrected chi connectivity index (χ1v) is 12.7. The smallest absolute Gasteiger partial charge is 0.225 e. The van der Waals surface area contributed by atoms with Crippen LogP contribution in [0.2, 0.25) is 5.28 Å². The Kier molecular flexibility index (Phi) is 6.02. The molecule has 0 spiro atoms. The highest BCUT2D eigenvalue weighted by atomic mass is 35.5. The quantitative estimate of drug-likeness (QED) is 0.294. The van der Waals surface area contributed by atoms with Gasteiger partial charge in [0.05, 0.1) is 5.39 Å². The first-order chi connectivity index (χ1) is 15.9. The number of benzene rings is 2. The Labute approximate surface area is 204 Å². The number of anilines is 2. The van der Waals surface area contributed by atoms with Crippen molar-refractivity contribution in [1.29, 1.82) is 0 Å². The monoisotopic (exact) mass is 476 g/mol. The summed E-state index contributed by atoms with van der Waals surface area (Å²) < 4.78 is 0. The van der Waals surface area contributed by atoms with E-state index >= 15 is 0 Å². The summed E-state index contributed by atoms with van der Waals surface area (Å²) in [6.07, 6.45) is 0. The zero-order chi connectivity index (χ0) is 23.1. The van der Waals surface area contributed by atoms with E-state index in [1.54, 1.807) is 11.3 Å². The molecule has 4 nitrogen and oxygen atoms in total. The summed E-state index contributed by atoms with van der Waals surface area (Å²) in [7, 11) is 0. The Hall–Kier alpha value is -2.63. The molecule has 0 bridgehead atoms. The van der Waals surface area contributed by atoms with Crippen LogP contribution in [0.4, 0.5) is 11.5 Å². The van der Waals surface area contributed by atoms with Crippen LogP contribution in [0, 0.1) is 13.8 Å². The van der Waals surface area contributed by atoms with Crippen molar-refractivity contribution in [1.82, 2.24) is 9.97 Å². The Bertz CT molecular complexity index is 1290. The van der Waals surface area contributed by atoms with Gasteiger partial charge in [-0.3, -0.25) is 0 Å². The molecular weight excluding hydrogens is 448 g/mol. The predicted octanol–water partition coefficient (Wildman–Crippen LogP) is 7.08. The fourth-order valence-electron chi connectivity index (χ4n) is 4.68. The molecule has 6 heteroatoms. The molecule has 0 aliphatic carbocycles. The Morgan fingerprint density at radius 3 is 2.27 bits per heavy atom. The summed E-state index contributed by atoms with van der Waals surface area (Å²) in [6, 6.07) is 17.7. The molecule has 1 saturated heterocycles. The van der Waals surface area contributed by atoms with E-state index in [-0.39, 0.29) is 0 Å². The zero-order valence-corrected chi connectivity index (χ0v) is 21.2. The largest absolute Gasteiger partial charge is 0.368 e. The summed E-state index contributed by atoms with van der Waals surface area (Å²) >= 11 is 8.10. The topological polar surface area (TPSA) is 32.3 Å². The number of nitrogens with zero attached hydrogens (tertiary/aromatic N) is 4. The fraction of sp³-hybridized carbons (Fsp3) is 0.333. The van der Waals surface area contributed by atoms with Crippen molar-refractivity contribution in [3.05, 3.63) is 69.8 Å². The van der Waals surface area contributed by atoms with Crippen LogP contribution in [0.15, 0.2) is 48.5 Å². The van der Waals surface area contributed by atoms with E-state index < -0.39 is 0 Å². The van der Waals surface area contributed by atoms with Crippen LogP contribution >= 0.6 is 22.9 Å². The number of halogens is 1. The van der Waals surface area contributed by atoms with Crippen LogP contribution in [-0.4, -0.2) is 36.1 Å². The second kappa shape index (κ2) is 8.96. The molecule has 33 heavy (non-hydrogen) atoms. The number of aromatic nitrogens is 2. The first-order valence-electron chi connectivity index (χ1n) is 11.5. The third-order valence-electron chi connectivity index (χ3n) is 6.49. The molecule has 0 unspecified atom stereocenters. The molecule has 1 aliphatic rings. The van der Waals surface area contributed by atoms with Gasteiger partial charge in [0.25, 0.3) is 0 Å². The Morgan fingerprint density at radius 2 is 1.61 bits per heavy atom. The Morgan fingerprint density at radius 1 is 0.909 bits per heavy atom. The number of aryl methyl sites for hydroxylation is 2. The highest BCUT2D eigenvalue weighted by Gasteiger charge is 2.25. The van der Waals surface area contributed by atoms with Crippen molar-refractivity contribution in [3.63, 3.8) is 0 Å². The molecule has 0 saturated carbocycles. The third-order valence-corrected chi connectivity index (χ3v) is 7.66. The molecule has 3 heterocycles. The van der Waals surface area contributed by atoms with E-state index in [4.69, 9.17) is 16.6 Å². The highest BCUT2D eigenvalue weighted by Crippen LogP contribution is 2.42. The lowest BCUT2D eigenvalue weighted by atomic mass is 9.97. The molecule has 0 radical (unpaired) electrons. The lowest BCUT2D eigenvalue weighted by molar-refractivity contribution is 0.649. The summed E-state index contributed by atoms with van der Waals surface area (Å²) in [5.41, 5.74) is 6.38. The second-order valence-electron chi connectivity index (χ2n) is 9.12. The lowest BCUT2D eigenvalue weighted by Crippen LogP contribution is -2.47. The van der Waals surface area contributed by atoms with Gasteiger partial charge < -0.3 is 9.80 Å². The van der Waals surface area contributed by atoms with Crippen molar-refractivity contribution in [2.24, 2.45) is 0 Å². The average Bonchev–Trinajstić information content (AvgIpc) is 3.14. The SMILES string of the molecule is Cc1cccc(N2CCN(c3nc(Cl)nc4sc(C)c(-c5ccc(C(C)C)cc5)c34)CC2)c1. The third kappa shape index (κ3) is 4.32. The summed E-state index contributed by atoms with van der Waals surface area (Å²) in [4.78, 5) is 16.4. The second-order valence-corrected chi connectivity index (χ2v) is 10.7. The van der Waals surface area contributed by atoms with Gasteiger partial charge in [0.15, 0.2) is 0 Å². The predicted molar refractivity (Wildman–Crippen MR) is 142 cm³/mol. The summed E-state index contributed by atoms with van der Waals surface area (Å²) in [6.45, 7) is 12.5. The molecule has 170 valence electrons. The molecule has 0 amide bonds. The van der Waals surface area contributed by atoms with Crippen LogP contribution in [-0.2, 0) is 0 Å². The van der Waals surface area contributed by atoms with Gasteiger partial charge in [-0.1, -0.05) is 50.2 Å². The molecule has 1 fully saturated rings. The van der Waals surface area contributed by atoms with Crippen LogP contribution in [0.3, 0.4) is 0 Å². The number of hydrogen-bond acceptors (Lipinski definition) is 5. The van der Waals surface area contributed by atoms with Gasteiger partial charge in [-0.25, -0.2) is 4.98 Å². The first kappa shape index (κ1) is 22.2. The van der Waals surface area contributed by atoms with Crippen LogP contribution in [0.5, 0.6) is 0 Å². The zero-order valence-electron chi connectivity index (χ0n) is 19.6. The van der Waals surface area contributed by atoms with Gasteiger partial charge in [-0.15, -0.1) is 11.3 Å². The normalized spacial score (nSPS) is 14.5. The van der Waals surface area contributed by atoms with E-state index in [1.165, 1.54) is 32.8 Å². The number of thiophene rings is 1. The molecule has 1 aliphatic heterocycles. The number of fused-ring (bicyclic) bond motifs is 1. The van der Waals surface area contributed by atoms with Crippen molar-refractivity contribution < 1.29 is 0 Å². The molecule has 5 rings (SSSR count). The maximum Gasteiger partial charge on any atom is 0.225 e. The molecule has 4 aromatic rings. The van der Waals surface area contributed by atoms with Crippen molar-refractivity contribution in [3.8, 4) is 11.1 Å². The van der Waals surface area contributed by atoms with E-state index in [0.717, 1.165) is 42.2 Å². The summed E-state index contributed by atoms with van der Waals surface area (Å²) in [5.74, 6) is 1.47. The summed E-state index contributed by atoms with van der Waals surface area (Å²) in [5, 5.41) is 1.45. The number of piperazine rings is 1.